The normalized spacial score (nSPS) is 10.6. The predicted octanol–water partition coefficient (Wildman–Crippen LogP) is 4.99. The van der Waals surface area contributed by atoms with Crippen LogP contribution >= 0.6 is 35.0 Å². The summed E-state index contributed by atoms with van der Waals surface area (Å²) in [5.41, 5.74) is 1.48. The first-order chi connectivity index (χ1) is 13.0. The minimum Gasteiger partial charge on any atom is -0.484 e. The predicted molar refractivity (Wildman–Crippen MR) is 106 cm³/mol. The van der Waals surface area contributed by atoms with Crippen LogP contribution in [-0.4, -0.2) is 21.9 Å². The number of halogens is 2. The van der Waals surface area contributed by atoms with Gasteiger partial charge in [-0.3, -0.25) is 4.79 Å². The maximum Gasteiger partial charge on any atom is 0.277 e. The Morgan fingerprint density at radius 1 is 1.19 bits per heavy atom. The number of aromatic nitrogens is 2. The molecular formula is C18H15Cl2N3O3S. The molecule has 27 heavy (non-hydrogen) atoms. The van der Waals surface area contributed by atoms with Crippen LogP contribution in [0.1, 0.15) is 11.5 Å². The molecule has 3 aromatic rings. The molecular weight excluding hydrogens is 409 g/mol. The van der Waals surface area contributed by atoms with E-state index in [0.717, 1.165) is 23.1 Å². The van der Waals surface area contributed by atoms with Gasteiger partial charge < -0.3 is 14.5 Å². The largest absolute Gasteiger partial charge is 0.484 e. The number of hydrogen-bond acceptors (Lipinski definition) is 6. The number of aryl methyl sites for hydroxylation is 1. The Bertz CT molecular complexity index is 929. The molecule has 6 nitrogen and oxygen atoms in total. The number of amides is 1. The molecule has 0 radical (unpaired) electrons. The molecule has 0 fully saturated rings. The highest BCUT2D eigenvalue weighted by Gasteiger charge is 2.13. The Kier molecular flexibility index (Phi) is 6.60. The topological polar surface area (TPSA) is 77.2 Å². The number of carbonyl (C=O) groups excluding carboxylic acids is 1. The fraction of sp³-hybridized carbons (Fsp3) is 0.167. The molecule has 0 aliphatic carbocycles. The van der Waals surface area contributed by atoms with E-state index in [9.17, 15) is 4.79 Å². The summed E-state index contributed by atoms with van der Waals surface area (Å²) in [6.07, 6.45) is 0. The Morgan fingerprint density at radius 3 is 2.67 bits per heavy atom. The van der Waals surface area contributed by atoms with Crippen LogP contribution in [0.3, 0.4) is 0 Å². The molecule has 0 spiro atoms. The van der Waals surface area contributed by atoms with Crippen LogP contribution in [0.2, 0.25) is 10.0 Å². The summed E-state index contributed by atoms with van der Waals surface area (Å²) in [7, 11) is 0. The second kappa shape index (κ2) is 9.12. The third-order valence-electron chi connectivity index (χ3n) is 3.35. The molecule has 0 atom stereocenters. The molecule has 2 aromatic carbocycles. The van der Waals surface area contributed by atoms with Crippen LogP contribution in [0, 0.1) is 6.92 Å². The third-order valence-corrected chi connectivity index (χ3v) is 4.80. The number of ether oxygens (including phenoxy) is 1. The van der Waals surface area contributed by atoms with E-state index < -0.39 is 0 Å². The van der Waals surface area contributed by atoms with Crippen molar-refractivity contribution in [3.05, 3.63) is 64.0 Å². The number of hydrogen-bond donors (Lipinski definition) is 1. The van der Waals surface area contributed by atoms with Gasteiger partial charge in [0.1, 0.15) is 5.75 Å². The molecule has 1 N–H and O–H groups in total. The van der Waals surface area contributed by atoms with Crippen molar-refractivity contribution in [3.63, 3.8) is 0 Å². The van der Waals surface area contributed by atoms with Gasteiger partial charge in [0.2, 0.25) is 5.91 Å². The minimum atomic E-state index is -0.286. The number of para-hydroxylation sites is 1. The summed E-state index contributed by atoms with van der Waals surface area (Å²) < 4.78 is 11.1. The summed E-state index contributed by atoms with van der Waals surface area (Å²) >= 11 is 13.2. The Balaban J connectivity index is 1.50. The van der Waals surface area contributed by atoms with Crippen molar-refractivity contribution in [2.24, 2.45) is 0 Å². The van der Waals surface area contributed by atoms with E-state index in [1.165, 1.54) is 0 Å². The second-order valence-corrected chi connectivity index (χ2v) is 7.24. The lowest BCUT2D eigenvalue weighted by atomic mass is 10.2. The van der Waals surface area contributed by atoms with Crippen molar-refractivity contribution in [2.45, 2.75) is 18.8 Å². The standard InChI is InChI=1S/C18H15Cl2N3O3S/c1-11-4-2-5-12(8-11)25-9-16-22-23-18(26-16)27-10-15(24)21-17-13(19)6-3-7-14(17)20/h2-8H,9-10H2,1H3,(H,21,24). The van der Waals surface area contributed by atoms with Crippen LogP contribution in [-0.2, 0) is 11.4 Å². The lowest BCUT2D eigenvalue weighted by Crippen LogP contribution is -2.14. The van der Waals surface area contributed by atoms with Gasteiger partial charge in [-0.15, -0.1) is 10.2 Å². The van der Waals surface area contributed by atoms with Crippen LogP contribution in [0.15, 0.2) is 52.1 Å². The molecule has 140 valence electrons. The number of nitrogens with one attached hydrogen (secondary N) is 1. The molecule has 1 amide bonds. The van der Waals surface area contributed by atoms with Gasteiger partial charge in [0.05, 0.1) is 21.5 Å². The number of rotatable bonds is 7. The Morgan fingerprint density at radius 2 is 1.93 bits per heavy atom. The van der Waals surface area contributed by atoms with Crippen molar-refractivity contribution >= 4 is 46.6 Å². The van der Waals surface area contributed by atoms with E-state index in [1.807, 2.05) is 31.2 Å². The van der Waals surface area contributed by atoms with Crippen LogP contribution in [0.5, 0.6) is 5.75 Å². The zero-order valence-electron chi connectivity index (χ0n) is 14.2. The van der Waals surface area contributed by atoms with E-state index in [-0.39, 0.29) is 23.5 Å². The number of benzene rings is 2. The first-order valence-electron chi connectivity index (χ1n) is 7.90. The molecule has 1 aromatic heterocycles. The zero-order chi connectivity index (χ0) is 19.2. The maximum atomic E-state index is 12.1. The van der Waals surface area contributed by atoms with E-state index in [1.54, 1.807) is 18.2 Å². The summed E-state index contributed by atoms with van der Waals surface area (Å²) in [6, 6.07) is 12.6. The van der Waals surface area contributed by atoms with Crippen molar-refractivity contribution in [1.29, 1.82) is 0 Å². The maximum absolute atomic E-state index is 12.1. The third kappa shape index (κ3) is 5.63. The van der Waals surface area contributed by atoms with E-state index in [0.29, 0.717) is 21.6 Å². The van der Waals surface area contributed by atoms with Crippen molar-refractivity contribution in [3.8, 4) is 5.75 Å². The number of nitrogens with zero attached hydrogens (tertiary/aromatic N) is 2. The molecule has 3 rings (SSSR count). The average Bonchev–Trinajstić information content (AvgIpc) is 3.09. The van der Waals surface area contributed by atoms with E-state index >= 15 is 0 Å². The van der Waals surface area contributed by atoms with Gasteiger partial charge in [-0.1, -0.05) is 53.2 Å². The lowest BCUT2D eigenvalue weighted by molar-refractivity contribution is -0.113. The second-order valence-electron chi connectivity index (χ2n) is 5.50. The summed E-state index contributed by atoms with van der Waals surface area (Å²) in [6.45, 7) is 2.13. The average molecular weight is 424 g/mol. The first kappa shape index (κ1) is 19.5. The van der Waals surface area contributed by atoms with Crippen LogP contribution in [0.25, 0.3) is 0 Å². The smallest absolute Gasteiger partial charge is 0.277 e. The molecule has 0 unspecified atom stereocenters. The SMILES string of the molecule is Cc1cccc(OCc2nnc(SCC(=O)Nc3c(Cl)cccc3Cl)o2)c1. The molecule has 0 bridgehead atoms. The van der Waals surface area contributed by atoms with E-state index in [2.05, 4.69) is 15.5 Å². The van der Waals surface area contributed by atoms with Gasteiger partial charge in [0.15, 0.2) is 6.61 Å². The zero-order valence-corrected chi connectivity index (χ0v) is 16.6. The Hall–Kier alpha value is -2.22. The van der Waals surface area contributed by atoms with Gasteiger partial charge in [0, 0.05) is 0 Å². The molecule has 0 aliphatic heterocycles. The summed E-state index contributed by atoms with van der Waals surface area (Å²) in [5.74, 6) is 0.833. The molecule has 0 saturated heterocycles. The highest BCUT2D eigenvalue weighted by atomic mass is 35.5. The monoisotopic (exact) mass is 423 g/mol. The Labute approximate surface area is 170 Å². The van der Waals surface area contributed by atoms with Gasteiger partial charge in [-0.25, -0.2) is 0 Å². The van der Waals surface area contributed by atoms with Gasteiger partial charge in [-0.2, -0.15) is 0 Å². The van der Waals surface area contributed by atoms with Crippen LogP contribution in [0.4, 0.5) is 5.69 Å². The first-order valence-corrected chi connectivity index (χ1v) is 9.64. The van der Waals surface area contributed by atoms with Crippen molar-refractivity contribution in [2.75, 3.05) is 11.1 Å². The van der Waals surface area contributed by atoms with E-state index in [4.69, 9.17) is 32.4 Å². The van der Waals surface area contributed by atoms with Crippen LogP contribution < -0.4 is 10.1 Å². The van der Waals surface area contributed by atoms with Gasteiger partial charge in [-0.05, 0) is 36.8 Å². The number of carbonyl (C=O) groups is 1. The summed E-state index contributed by atoms with van der Waals surface area (Å²) in [5, 5.41) is 11.5. The fourth-order valence-corrected chi connectivity index (χ4v) is 3.20. The molecule has 9 heteroatoms. The lowest BCUT2D eigenvalue weighted by Gasteiger charge is -2.08. The molecule has 0 saturated carbocycles. The van der Waals surface area contributed by atoms with Gasteiger partial charge in [0.25, 0.3) is 11.1 Å². The quantitative estimate of drug-likeness (QED) is 0.539. The fourth-order valence-electron chi connectivity index (χ4n) is 2.13. The number of anilines is 1. The highest BCUT2D eigenvalue weighted by molar-refractivity contribution is 7.99. The highest BCUT2D eigenvalue weighted by Crippen LogP contribution is 2.30. The molecule has 1 heterocycles. The van der Waals surface area contributed by atoms with Gasteiger partial charge >= 0.3 is 0 Å². The van der Waals surface area contributed by atoms with Crippen molar-refractivity contribution in [1.82, 2.24) is 10.2 Å². The summed E-state index contributed by atoms with van der Waals surface area (Å²) in [4.78, 5) is 12.1. The molecule has 0 aliphatic rings. The minimum absolute atomic E-state index is 0.0714. The number of thioether (sulfide) groups is 1. The van der Waals surface area contributed by atoms with Crippen molar-refractivity contribution < 1.29 is 13.9 Å².